The van der Waals surface area contributed by atoms with Gasteiger partial charge in [-0.05, 0) is 29.5 Å². The number of aryl methyl sites for hydroxylation is 1. The van der Waals surface area contributed by atoms with E-state index >= 15 is 0 Å². The van der Waals surface area contributed by atoms with Crippen molar-refractivity contribution >= 4 is 11.8 Å². The number of nitrogens with zero attached hydrogens (tertiary/aromatic N) is 2. The molecule has 1 N–H and O–H groups in total. The summed E-state index contributed by atoms with van der Waals surface area (Å²) in [4.78, 5) is 27.9. The van der Waals surface area contributed by atoms with Gasteiger partial charge in [0.25, 0.3) is 0 Å². The predicted molar refractivity (Wildman–Crippen MR) is 107 cm³/mol. The molecule has 5 heteroatoms. The van der Waals surface area contributed by atoms with Crippen molar-refractivity contribution in [3.63, 3.8) is 0 Å². The second kappa shape index (κ2) is 6.75. The van der Waals surface area contributed by atoms with Crippen LogP contribution in [0.3, 0.4) is 0 Å². The third kappa shape index (κ3) is 2.93. The maximum Gasteiger partial charge on any atom is 0.354 e. The van der Waals surface area contributed by atoms with Gasteiger partial charge in [-0.1, -0.05) is 55.5 Å². The van der Waals surface area contributed by atoms with E-state index in [2.05, 4.69) is 29.2 Å². The lowest BCUT2D eigenvalue weighted by Crippen LogP contribution is -2.19. The molecule has 1 fully saturated rings. The van der Waals surface area contributed by atoms with E-state index in [1.54, 1.807) is 7.05 Å². The standard InChI is InChI=1S/C23H22N2O3/c1-3-19(26)23(12-13-23)18-10-8-16(9-11-18)15-4-6-17(7-5-15)20-21(22(27)28)25(2)14-24-20/h4-11,14H,3,12-13H2,1-2H3,(H,27,28). The Kier molecular flexibility index (Phi) is 4.38. The molecule has 1 saturated carbocycles. The summed E-state index contributed by atoms with van der Waals surface area (Å²) in [5.41, 5.74) is 4.37. The van der Waals surface area contributed by atoms with Crippen molar-refractivity contribution in [1.82, 2.24) is 9.55 Å². The van der Waals surface area contributed by atoms with E-state index in [-0.39, 0.29) is 11.1 Å². The fraction of sp³-hybridized carbons (Fsp3) is 0.261. The van der Waals surface area contributed by atoms with Crippen LogP contribution >= 0.6 is 0 Å². The Morgan fingerprint density at radius 2 is 1.54 bits per heavy atom. The molecule has 2 aromatic carbocycles. The molecule has 0 aliphatic heterocycles. The summed E-state index contributed by atoms with van der Waals surface area (Å²) in [5, 5.41) is 9.40. The second-order valence-corrected chi connectivity index (χ2v) is 7.37. The van der Waals surface area contributed by atoms with Crippen LogP contribution in [0.1, 0.15) is 42.2 Å². The minimum absolute atomic E-state index is 0.174. The molecule has 0 radical (unpaired) electrons. The topological polar surface area (TPSA) is 72.2 Å². The van der Waals surface area contributed by atoms with E-state index in [0.29, 0.717) is 17.9 Å². The molecular formula is C23H22N2O3. The summed E-state index contributed by atoms with van der Waals surface area (Å²) in [6.45, 7) is 1.93. The van der Waals surface area contributed by atoms with Crippen molar-refractivity contribution in [3.8, 4) is 22.4 Å². The number of rotatable bonds is 6. The fourth-order valence-corrected chi connectivity index (χ4v) is 3.89. The Balaban J connectivity index is 1.60. The third-order valence-corrected chi connectivity index (χ3v) is 5.67. The molecule has 0 unspecified atom stereocenters. The average Bonchev–Trinajstić information content (AvgIpc) is 3.43. The molecule has 4 rings (SSSR count). The molecule has 3 aromatic rings. The fourth-order valence-electron chi connectivity index (χ4n) is 3.89. The van der Waals surface area contributed by atoms with Gasteiger partial charge in [0.15, 0.2) is 5.69 Å². The minimum atomic E-state index is -0.995. The highest BCUT2D eigenvalue weighted by atomic mass is 16.4. The van der Waals surface area contributed by atoms with E-state index in [4.69, 9.17) is 0 Å². The summed E-state index contributed by atoms with van der Waals surface area (Å²) >= 11 is 0. The van der Waals surface area contributed by atoms with Crippen LogP contribution in [0.4, 0.5) is 0 Å². The van der Waals surface area contributed by atoms with Crippen molar-refractivity contribution in [2.45, 2.75) is 31.6 Å². The SMILES string of the molecule is CCC(=O)C1(c2ccc(-c3ccc(-c4ncn(C)c4C(=O)O)cc3)cc2)CC1. The molecule has 1 aliphatic rings. The van der Waals surface area contributed by atoms with Crippen LogP contribution in [-0.4, -0.2) is 26.4 Å². The maximum absolute atomic E-state index is 12.3. The number of hydrogen-bond donors (Lipinski definition) is 1. The first-order valence-electron chi connectivity index (χ1n) is 9.45. The quantitative estimate of drug-likeness (QED) is 0.691. The molecule has 142 valence electrons. The second-order valence-electron chi connectivity index (χ2n) is 7.37. The Bertz CT molecular complexity index is 1040. The number of carbonyl (C=O) groups excluding carboxylic acids is 1. The molecule has 1 aromatic heterocycles. The number of ketones is 1. The van der Waals surface area contributed by atoms with E-state index < -0.39 is 5.97 Å². The van der Waals surface area contributed by atoms with Gasteiger partial charge >= 0.3 is 5.97 Å². The molecule has 0 bridgehead atoms. The molecule has 0 saturated heterocycles. The van der Waals surface area contributed by atoms with E-state index in [9.17, 15) is 14.7 Å². The number of hydrogen-bond acceptors (Lipinski definition) is 3. The molecular weight excluding hydrogens is 352 g/mol. The van der Waals surface area contributed by atoms with Crippen molar-refractivity contribution < 1.29 is 14.7 Å². The van der Waals surface area contributed by atoms with E-state index in [1.165, 1.54) is 10.9 Å². The van der Waals surface area contributed by atoms with E-state index in [0.717, 1.165) is 35.1 Å². The van der Waals surface area contributed by atoms with Crippen LogP contribution in [0, 0.1) is 0 Å². The zero-order valence-electron chi connectivity index (χ0n) is 16.0. The van der Waals surface area contributed by atoms with Crippen molar-refractivity contribution in [3.05, 3.63) is 66.1 Å². The Hall–Kier alpha value is -3.21. The van der Waals surface area contributed by atoms with Crippen LogP contribution < -0.4 is 0 Å². The van der Waals surface area contributed by atoms with E-state index in [1.807, 2.05) is 31.2 Å². The largest absolute Gasteiger partial charge is 0.477 e. The highest BCUT2D eigenvalue weighted by molar-refractivity contribution is 5.94. The molecule has 5 nitrogen and oxygen atoms in total. The lowest BCUT2D eigenvalue weighted by Gasteiger charge is -2.14. The van der Waals surface area contributed by atoms with Gasteiger partial charge < -0.3 is 9.67 Å². The Morgan fingerprint density at radius 1 is 1.00 bits per heavy atom. The normalized spacial score (nSPS) is 14.6. The highest BCUT2D eigenvalue weighted by Crippen LogP contribution is 2.49. The van der Waals surface area contributed by atoms with Gasteiger partial charge in [-0.15, -0.1) is 0 Å². The number of imidazole rings is 1. The maximum atomic E-state index is 12.3. The molecule has 1 aliphatic carbocycles. The lowest BCUT2D eigenvalue weighted by atomic mass is 9.89. The van der Waals surface area contributed by atoms with Crippen molar-refractivity contribution in [2.24, 2.45) is 7.05 Å². The van der Waals surface area contributed by atoms with Gasteiger partial charge in [0.05, 0.1) is 11.7 Å². The summed E-state index contributed by atoms with van der Waals surface area (Å²) in [6, 6.07) is 15.9. The minimum Gasteiger partial charge on any atom is -0.477 e. The summed E-state index contributed by atoms with van der Waals surface area (Å²) in [5.74, 6) is -0.667. The molecule has 0 amide bonds. The first kappa shape index (κ1) is 18.2. The lowest BCUT2D eigenvalue weighted by molar-refractivity contribution is -0.121. The summed E-state index contributed by atoms with van der Waals surface area (Å²) < 4.78 is 1.51. The number of aromatic carboxylic acids is 1. The number of carboxylic acids is 1. The summed E-state index contributed by atoms with van der Waals surface area (Å²) in [7, 11) is 1.67. The molecule has 0 spiro atoms. The first-order chi connectivity index (χ1) is 13.5. The number of Topliss-reactive ketones (excluding diaryl/α,β-unsaturated/α-hetero) is 1. The van der Waals surface area contributed by atoms with Crippen molar-refractivity contribution in [1.29, 1.82) is 0 Å². The van der Waals surface area contributed by atoms with Gasteiger partial charge in [0.1, 0.15) is 11.5 Å². The first-order valence-corrected chi connectivity index (χ1v) is 9.45. The molecule has 0 atom stereocenters. The highest BCUT2D eigenvalue weighted by Gasteiger charge is 2.49. The smallest absolute Gasteiger partial charge is 0.354 e. The Morgan fingerprint density at radius 3 is 2.04 bits per heavy atom. The predicted octanol–water partition coefficient (Wildman–Crippen LogP) is 4.46. The molecule has 28 heavy (non-hydrogen) atoms. The average molecular weight is 374 g/mol. The molecule has 1 heterocycles. The van der Waals surface area contributed by atoms with Crippen LogP contribution in [0.15, 0.2) is 54.9 Å². The number of carbonyl (C=O) groups is 2. The monoisotopic (exact) mass is 374 g/mol. The third-order valence-electron chi connectivity index (χ3n) is 5.67. The van der Waals surface area contributed by atoms with Crippen molar-refractivity contribution in [2.75, 3.05) is 0 Å². The number of benzene rings is 2. The van der Waals surface area contributed by atoms with Gasteiger partial charge in [0, 0.05) is 19.0 Å². The van der Waals surface area contributed by atoms with Crippen LogP contribution in [0.2, 0.25) is 0 Å². The number of carboxylic acid groups (broad SMARTS) is 1. The summed E-state index contributed by atoms with van der Waals surface area (Å²) in [6.07, 6.45) is 3.99. The van der Waals surface area contributed by atoms with Gasteiger partial charge in [-0.25, -0.2) is 9.78 Å². The van der Waals surface area contributed by atoms with Crippen LogP contribution in [0.5, 0.6) is 0 Å². The van der Waals surface area contributed by atoms with Gasteiger partial charge in [-0.3, -0.25) is 4.79 Å². The van der Waals surface area contributed by atoms with Crippen LogP contribution in [0.25, 0.3) is 22.4 Å². The zero-order chi connectivity index (χ0) is 19.9. The van der Waals surface area contributed by atoms with Gasteiger partial charge in [0.2, 0.25) is 0 Å². The number of aromatic nitrogens is 2. The zero-order valence-corrected chi connectivity index (χ0v) is 16.0. The van der Waals surface area contributed by atoms with Crippen LogP contribution in [-0.2, 0) is 17.3 Å². The van der Waals surface area contributed by atoms with Gasteiger partial charge in [-0.2, -0.15) is 0 Å². The Labute approximate surface area is 163 Å².